The first-order chi connectivity index (χ1) is 9.19. The second-order valence-corrected chi connectivity index (χ2v) is 5.26. The van der Waals surface area contributed by atoms with Crippen molar-refractivity contribution in [1.29, 1.82) is 0 Å². The van der Waals surface area contributed by atoms with E-state index >= 15 is 0 Å². The molecular weight excluding hydrogens is 304 g/mol. The summed E-state index contributed by atoms with van der Waals surface area (Å²) in [6.07, 6.45) is 3.49. The molecule has 0 aliphatic heterocycles. The van der Waals surface area contributed by atoms with Crippen molar-refractivity contribution < 1.29 is 4.79 Å². The van der Waals surface area contributed by atoms with E-state index in [0.717, 1.165) is 35.0 Å². The van der Waals surface area contributed by atoms with Gasteiger partial charge in [-0.25, -0.2) is 0 Å². The van der Waals surface area contributed by atoms with Crippen molar-refractivity contribution >= 4 is 21.7 Å². The second-order valence-electron chi connectivity index (χ2n) is 4.40. The van der Waals surface area contributed by atoms with Crippen LogP contribution in [0, 0.1) is 0 Å². The molecule has 4 heteroatoms. The molecule has 19 heavy (non-hydrogen) atoms. The maximum absolute atomic E-state index is 12.7. The molecule has 100 valence electrons. The molecule has 0 atom stereocenters. The van der Waals surface area contributed by atoms with E-state index in [2.05, 4.69) is 34.9 Å². The highest BCUT2D eigenvalue weighted by atomic mass is 79.9. The van der Waals surface area contributed by atoms with Gasteiger partial charge in [-0.05, 0) is 34.3 Å². The van der Waals surface area contributed by atoms with Gasteiger partial charge in [0.05, 0.1) is 10.7 Å². The van der Waals surface area contributed by atoms with Crippen molar-refractivity contribution in [2.75, 3.05) is 0 Å². The second kappa shape index (κ2) is 6.15. The maximum Gasteiger partial charge on any atom is 0.212 e. The normalized spacial score (nSPS) is 10.7. The Kier molecular flexibility index (Phi) is 4.53. The lowest BCUT2D eigenvalue weighted by molar-refractivity contribution is 0.102. The minimum absolute atomic E-state index is 0.0373. The van der Waals surface area contributed by atoms with Crippen LogP contribution in [0.4, 0.5) is 0 Å². The number of ketones is 1. The monoisotopic (exact) mass is 320 g/mol. The van der Waals surface area contributed by atoms with Crippen LogP contribution in [0.3, 0.4) is 0 Å². The van der Waals surface area contributed by atoms with E-state index in [9.17, 15) is 4.79 Å². The van der Waals surface area contributed by atoms with Gasteiger partial charge in [0.2, 0.25) is 5.78 Å². The van der Waals surface area contributed by atoms with Gasteiger partial charge in [0.25, 0.3) is 0 Å². The van der Waals surface area contributed by atoms with Crippen LogP contribution in [0.2, 0.25) is 0 Å². The van der Waals surface area contributed by atoms with Gasteiger partial charge in [0.1, 0.15) is 5.69 Å². The molecular formula is C15H17BrN2O. The quantitative estimate of drug-likeness (QED) is 0.784. The Balaban J connectivity index is 2.47. The number of carbonyl (C=O) groups excluding carboxylic acids is 1. The maximum atomic E-state index is 12.7. The minimum Gasteiger partial charge on any atom is -0.287 e. The number of hydrogen-bond acceptors (Lipinski definition) is 2. The third-order valence-corrected chi connectivity index (χ3v) is 3.67. The van der Waals surface area contributed by atoms with E-state index in [0.29, 0.717) is 5.69 Å². The van der Waals surface area contributed by atoms with Gasteiger partial charge in [-0.2, -0.15) is 5.10 Å². The lowest BCUT2D eigenvalue weighted by Crippen LogP contribution is -2.13. The van der Waals surface area contributed by atoms with Gasteiger partial charge in [-0.3, -0.25) is 9.48 Å². The average Bonchev–Trinajstić information content (AvgIpc) is 2.79. The fraction of sp³-hybridized carbons (Fsp3) is 0.333. The zero-order valence-corrected chi connectivity index (χ0v) is 12.8. The Morgan fingerprint density at radius 2 is 2.05 bits per heavy atom. The highest BCUT2D eigenvalue weighted by Crippen LogP contribution is 2.22. The number of aryl methyl sites for hydroxylation is 2. The number of aromatic nitrogens is 2. The molecule has 0 fully saturated rings. The molecule has 1 aromatic heterocycles. The number of rotatable bonds is 5. The van der Waals surface area contributed by atoms with Crippen LogP contribution in [-0.4, -0.2) is 15.6 Å². The van der Waals surface area contributed by atoms with Crippen molar-refractivity contribution in [2.24, 2.45) is 0 Å². The summed E-state index contributed by atoms with van der Waals surface area (Å²) in [5.74, 6) is 0.0373. The van der Waals surface area contributed by atoms with Gasteiger partial charge in [-0.15, -0.1) is 0 Å². The van der Waals surface area contributed by atoms with Crippen LogP contribution in [0.15, 0.2) is 34.9 Å². The van der Waals surface area contributed by atoms with Crippen LogP contribution in [-0.2, 0) is 13.0 Å². The van der Waals surface area contributed by atoms with Gasteiger partial charge >= 0.3 is 0 Å². The Morgan fingerprint density at radius 1 is 1.32 bits per heavy atom. The summed E-state index contributed by atoms with van der Waals surface area (Å²) in [7, 11) is 0. The third kappa shape index (κ3) is 2.78. The summed E-state index contributed by atoms with van der Waals surface area (Å²) in [5.41, 5.74) is 2.48. The van der Waals surface area contributed by atoms with E-state index in [1.807, 2.05) is 24.3 Å². The smallest absolute Gasteiger partial charge is 0.212 e. The molecule has 0 bridgehead atoms. The summed E-state index contributed by atoms with van der Waals surface area (Å²) in [5, 5.41) is 4.26. The lowest BCUT2D eigenvalue weighted by Gasteiger charge is -2.09. The minimum atomic E-state index is 0.0373. The summed E-state index contributed by atoms with van der Waals surface area (Å²) in [6, 6.07) is 7.76. The molecule has 0 radical (unpaired) electrons. The molecule has 1 aromatic carbocycles. The van der Waals surface area contributed by atoms with Crippen LogP contribution in [0.1, 0.15) is 41.9 Å². The van der Waals surface area contributed by atoms with Gasteiger partial charge < -0.3 is 0 Å². The van der Waals surface area contributed by atoms with Gasteiger partial charge in [-0.1, -0.05) is 38.1 Å². The van der Waals surface area contributed by atoms with Crippen molar-refractivity contribution in [3.63, 3.8) is 0 Å². The molecule has 2 rings (SSSR count). The van der Waals surface area contributed by atoms with Gasteiger partial charge in [0, 0.05) is 12.1 Å². The molecule has 0 N–H and O–H groups in total. The standard InChI is InChI=1S/C15H17BrN2O/c1-3-9-18-14(13(16)10-17-18)15(19)12-8-6-5-7-11(12)4-2/h5-8,10H,3-4,9H2,1-2H3. The molecule has 0 unspecified atom stereocenters. The van der Waals surface area contributed by atoms with Crippen LogP contribution in [0.5, 0.6) is 0 Å². The predicted octanol–water partition coefficient (Wildman–Crippen LogP) is 3.85. The largest absolute Gasteiger partial charge is 0.287 e. The van der Waals surface area contributed by atoms with Crippen LogP contribution in [0.25, 0.3) is 0 Å². The fourth-order valence-electron chi connectivity index (χ4n) is 2.15. The molecule has 0 saturated heterocycles. The fourth-order valence-corrected chi connectivity index (χ4v) is 2.62. The lowest BCUT2D eigenvalue weighted by atomic mass is 10.00. The SMILES string of the molecule is CCCn1ncc(Br)c1C(=O)c1ccccc1CC. The number of hydrogen-bond donors (Lipinski definition) is 0. The van der Waals surface area contributed by atoms with E-state index in [1.54, 1.807) is 10.9 Å². The zero-order valence-electron chi connectivity index (χ0n) is 11.2. The molecule has 0 saturated carbocycles. The first kappa shape index (κ1) is 14.0. The van der Waals surface area contributed by atoms with E-state index in [4.69, 9.17) is 0 Å². The number of halogens is 1. The van der Waals surface area contributed by atoms with Gasteiger partial charge in [0.15, 0.2) is 0 Å². The number of carbonyl (C=O) groups is 1. The molecule has 0 aliphatic rings. The average molecular weight is 321 g/mol. The Labute approximate surface area is 121 Å². The molecule has 0 amide bonds. The van der Waals surface area contributed by atoms with Crippen LogP contribution >= 0.6 is 15.9 Å². The predicted molar refractivity (Wildman–Crippen MR) is 79.5 cm³/mol. The summed E-state index contributed by atoms with van der Waals surface area (Å²) in [6.45, 7) is 4.88. The van der Waals surface area contributed by atoms with Crippen molar-refractivity contribution in [3.05, 3.63) is 51.8 Å². The summed E-state index contributed by atoms with van der Waals surface area (Å²) in [4.78, 5) is 12.7. The molecule has 3 nitrogen and oxygen atoms in total. The molecule has 0 spiro atoms. The van der Waals surface area contributed by atoms with Crippen molar-refractivity contribution in [1.82, 2.24) is 9.78 Å². The first-order valence-corrected chi connectivity index (χ1v) is 7.32. The zero-order chi connectivity index (χ0) is 13.8. The van der Waals surface area contributed by atoms with E-state index in [1.165, 1.54) is 0 Å². The highest BCUT2D eigenvalue weighted by Gasteiger charge is 2.20. The number of benzene rings is 1. The Hall–Kier alpha value is -1.42. The van der Waals surface area contributed by atoms with Crippen molar-refractivity contribution in [3.8, 4) is 0 Å². The van der Waals surface area contributed by atoms with Crippen molar-refractivity contribution in [2.45, 2.75) is 33.2 Å². The Bertz CT molecular complexity index is 590. The first-order valence-electron chi connectivity index (χ1n) is 6.52. The topological polar surface area (TPSA) is 34.9 Å². The molecule has 1 heterocycles. The van der Waals surface area contributed by atoms with E-state index < -0.39 is 0 Å². The third-order valence-electron chi connectivity index (χ3n) is 3.09. The molecule has 2 aromatic rings. The van der Waals surface area contributed by atoms with E-state index in [-0.39, 0.29) is 5.78 Å². The van der Waals surface area contributed by atoms with Crippen LogP contribution < -0.4 is 0 Å². The summed E-state index contributed by atoms with van der Waals surface area (Å²) >= 11 is 3.43. The highest BCUT2D eigenvalue weighted by molar-refractivity contribution is 9.10. The summed E-state index contributed by atoms with van der Waals surface area (Å²) < 4.78 is 2.54. The Morgan fingerprint density at radius 3 is 2.74 bits per heavy atom. The number of nitrogens with zero attached hydrogens (tertiary/aromatic N) is 2. The molecule has 0 aliphatic carbocycles.